The van der Waals surface area contributed by atoms with E-state index in [1.807, 2.05) is 0 Å². The number of hydrogen-bond donors (Lipinski definition) is 3. The monoisotopic (exact) mass is 633 g/mol. The molecule has 0 spiro atoms. The minimum Gasteiger partial charge on any atom is -0.543 e. The fourth-order valence-electron chi connectivity index (χ4n) is 3.93. The Morgan fingerprint density at radius 2 is 2.07 bits per heavy atom. The maximum atomic E-state index is 13.1. The molecule has 0 radical (unpaired) electrons. The number of nitrogens with two attached hydrogens (primary N) is 2. The second kappa shape index (κ2) is 11.8. The van der Waals surface area contributed by atoms with E-state index in [0.717, 1.165) is 39.5 Å². The third kappa shape index (κ3) is 5.87. The smallest absolute Gasteiger partial charge is 0.283 e. The molecule has 15 nitrogen and oxygen atoms in total. The molecule has 2 aliphatic rings. The molecule has 5 rings (SSSR count). The third-order valence-electron chi connectivity index (χ3n) is 5.68. The van der Waals surface area contributed by atoms with Crippen LogP contribution < -0.4 is 26.5 Å². The molecule has 0 saturated carbocycles. The minimum atomic E-state index is -1.53. The van der Waals surface area contributed by atoms with Crippen molar-refractivity contribution in [1.29, 1.82) is 0 Å². The number of carbonyl (C=O) groups is 4. The molecule has 1 saturated heterocycles. The van der Waals surface area contributed by atoms with Crippen molar-refractivity contribution < 1.29 is 33.7 Å². The number of nitrogens with one attached hydrogen (secondary N) is 1. The molecule has 5 N–H and O–H groups in total. The molecule has 41 heavy (non-hydrogen) atoms. The normalized spacial score (nSPS) is 18.5. The van der Waals surface area contributed by atoms with Gasteiger partial charge in [-0.2, -0.15) is 8.94 Å². The highest BCUT2D eigenvalue weighted by Gasteiger charge is 2.53. The van der Waals surface area contributed by atoms with Crippen LogP contribution in [0.15, 0.2) is 50.0 Å². The van der Waals surface area contributed by atoms with E-state index in [9.17, 15) is 24.3 Å². The molecule has 19 heteroatoms. The molecular formula is C22H19N9O6S4. The molecule has 0 aromatic carbocycles. The van der Waals surface area contributed by atoms with Crippen LogP contribution in [0.2, 0.25) is 0 Å². The van der Waals surface area contributed by atoms with E-state index < -0.39 is 35.1 Å². The van der Waals surface area contributed by atoms with Crippen molar-refractivity contribution in [2.45, 2.75) is 22.3 Å². The molecule has 5 heterocycles. The maximum absolute atomic E-state index is 13.1. The third-order valence-corrected chi connectivity index (χ3v) is 9.65. The van der Waals surface area contributed by atoms with Crippen LogP contribution in [0, 0.1) is 0 Å². The Bertz CT molecular complexity index is 1600. The molecule has 3 aromatic heterocycles. The highest BCUT2D eigenvalue weighted by atomic mass is 32.2. The van der Waals surface area contributed by atoms with Crippen LogP contribution in [0.4, 0.5) is 5.13 Å². The number of rotatable bonds is 10. The number of anilines is 1. The van der Waals surface area contributed by atoms with E-state index in [1.165, 1.54) is 24.3 Å². The standard InChI is InChI=1S/C22H19N9O6S4/c1-37-28-13(10-7-39-21(24)25-10)17(33)26-14-18(34)31-15(20(35)36)11(8-38-19(14)31)40-22-27-16(29-41-22)9-2-4-30(5-3-9)6-12(23)32/h2-5,7,14,19H,6,8H2,1H3,(H5-,23,24,25,26,32,33,35,36)/b28-13+/t14-,19?/m1/s1. The molecule has 3 aromatic rings. The first-order valence-corrected chi connectivity index (χ1v) is 15.0. The molecule has 2 aliphatic heterocycles. The first-order valence-electron chi connectivity index (χ1n) is 11.5. The SMILES string of the molecule is CO/N=C(/C(=O)N[C@@H]1C(=O)N2C(C(=O)[O-])=C(Sc3nc(-c4cc[n+](CC(N)=O)cc4)ns3)CSC12)c1csc(N)n1. The topological polar surface area (TPSA) is 223 Å². The van der Waals surface area contributed by atoms with Crippen molar-refractivity contribution >= 4 is 80.9 Å². The number of carbonyl (C=O) groups excluding carboxylic acids is 4. The number of carboxylic acid groups (broad SMARTS) is 1. The second-order valence-electron chi connectivity index (χ2n) is 8.33. The lowest BCUT2D eigenvalue weighted by Crippen LogP contribution is -2.71. The van der Waals surface area contributed by atoms with Gasteiger partial charge in [0.15, 0.2) is 33.4 Å². The van der Waals surface area contributed by atoms with Crippen LogP contribution in [0.5, 0.6) is 0 Å². The van der Waals surface area contributed by atoms with Gasteiger partial charge in [0.25, 0.3) is 17.7 Å². The van der Waals surface area contributed by atoms with Gasteiger partial charge in [-0.05, 0) is 11.5 Å². The van der Waals surface area contributed by atoms with Gasteiger partial charge in [-0.25, -0.2) is 9.97 Å². The first-order chi connectivity index (χ1) is 19.7. The van der Waals surface area contributed by atoms with Crippen molar-refractivity contribution in [2.75, 3.05) is 18.6 Å². The van der Waals surface area contributed by atoms with Crippen LogP contribution in [-0.2, 0) is 30.6 Å². The van der Waals surface area contributed by atoms with Crippen molar-refractivity contribution in [3.8, 4) is 11.4 Å². The number of nitrogen functional groups attached to an aromatic ring is 1. The fourth-order valence-corrected chi connectivity index (χ4v) is 7.73. The van der Waals surface area contributed by atoms with Gasteiger partial charge < -0.3 is 31.5 Å². The van der Waals surface area contributed by atoms with Gasteiger partial charge in [0.1, 0.15) is 24.2 Å². The Morgan fingerprint density at radius 1 is 1.32 bits per heavy atom. The van der Waals surface area contributed by atoms with Crippen LogP contribution >= 0.6 is 46.4 Å². The summed E-state index contributed by atoms with van der Waals surface area (Å²) in [6.07, 6.45) is 3.34. The highest BCUT2D eigenvalue weighted by molar-refractivity contribution is 8.07. The zero-order chi connectivity index (χ0) is 29.3. The Labute approximate surface area is 247 Å². The van der Waals surface area contributed by atoms with Crippen LogP contribution in [-0.4, -0.2) is 72.9 Å². The summed E-state index contributed by atoms with van der Waals surface area (Å²) in [5, 5.41) is 19.5. The van der Waals surface area contributed by atoms with E-state index >= 15 is 0 Å². The van der Waals surface area contributed by atoms with Gasteiger partial charge in [-0.1, -0.05) is 16.9 Å². The lowest BCUT2D eigenvalue weighted by atomic mass is 10.0. The van der Waals surface area contributed by atoms with Crippen molar-refractivity contribution in [3.63, 3.8) is 0 Å². The summed E-state index contributed by atoms with van der Waals surface area (Å²) >= 11 is 4.53. The van der Waals surface area contributed by atoms with Crippen molar-refractivity contribution in [2.24, 2.45) is 10.9 Å². The summed E-state index contributed by atoms with van der Waals surface area (Å²) in [4.78, 5) is 63.9. The lowest BCUT2D eigenvalue weighted by Gasteiger charge is -2.50. The molecule has 0 aliphatic carbocycles. The van der Waals surface area contributed by atoms with Gasteiger partial charge in [0, 0.05) is 33.7 Å². The Hall–Kier alpha value is -4.07. The van der Waals surface area contributed by atoms with E-state index in [2.05, 4.69) is 24.8 Å². The van der Waals surface area contributed by atoms with Crippen LogP contribution in [0.3, 0.4) is 0 Å². The van der Waals surface area contributed by atoms with E-state index in [4.69, 9.17) is 16.3 Å². The lowest BCUT2D eigenvalue weighted by molar-refractivity contribution is -0.684. The number of thioether (sulfide) groups is 2. The van der Waals surface area contributed by atoms with E-state index in [-0.39, 0.29) is 34.5 Å². The predicted molar refractivity (Wildman–Crippen MR) is 148 cm³/mol. The summed E-state index contributed by atoms with van der Waals surface area (Å²) in [5.41, 5.74) is 11.3. The molecule has 3 amide bonds. The number of aromatic nitrogens is 4. The van der Waals surface area contributed by atoms with Gasteiger partial charge in [0.05, 0.1) is 11.7 Å². The Balaban J connectivity index is 1.30. The minimum absolute atomic E-state index is 0.0350. The highest BCUT2D eigenvalue weighted by Crippen LogP contribution is 2.45. The number of fused-ring (bicyclic) bond motifs is 1. The van der Waals surface area contributed by atoms with Crippen LogP contribution in [0.1, 0.15) is 5.69 Å². The Kier molecular flexibility index (Phi) is 8.20. The zero-order valence-corrected chi connectivity index (χ0v) is 24.1. The predicted octanol–water partition coefficient (Wildman–Crippen LogP) is -1.48. The first kappa shape index (κ1) is 28.5. The number of pyridine rings is 1. The quantitative estimate of drug-likeness (QED) is 0.101. The number of nitrogens with zero attached hydrogens (tertiary/aromatic N) is 6. The number of primary amides is 1. The Morgan fingerprint density at radius 3 is 2.71 bits per heavy atom. The van der Waals surface area contributed by atoms with Gasteiger partial charge >= 0.3 is 0 Å². The molecule has 0 bridgehead atoms. The number of carboxylic acids is 1. The number of oxime groups is 1. The van der Waals surface area contributed by atoms with Gasteiger partial charge in [0.2, 0.25) is 6.54 Å². The molecule has 2 atom stereocenters. The molecule has 1 fully saturated rings. The number of β-lactam (4-membered cyclic amide) rings is 1. The summed E-state index contributed by atoms with van der Waals surface area (Å²) < 4.78 is 6.40. The van der Waals surface area contributed by atoms with Crippen molar-refractivity contribution in [1.82, 2.24) is 24.6 Å². The van der Waals surface area contributed by atoms with Crippen LogP contribution in [0.25, 0.3) is 11.4 Å². The summed E-state index contributed by atoms with van der Waals surface area (Å²) in [7, 11) is 1.26. The fraction of sp³-hybridized carbons (Fsp3) is 0.227. The second-order valence-corrected chi connectivity index (χ2v) is 12.4. The summed E-state index contributed by atoms with van der Waals surface area (Å²) in [6.45, 7) is 0.0350. The number of hydrogen-bond acceptors (Lipinski definition) is 15. The van der Waals surface area contributed by atoms with E-state index in [1.54, 1.807) is 29.1 Å². The number of amides is 3. The van der Waals surface area contributed by atoms with Crippen molar-refractivity contribution in [3.05, 3.63) is 46.2 Å². The summed E-state index contributed by atoms with van der Waals surface area (Å²) in [6, 6.07) is 2.45. The number of aliphatic carboxylic acids is 1. The average Bonchev–Trinajstić information content (AvgIpc) is 3.59. The molecular weight excluding hydrogens is 615 g/mol. The maximum Gasteiger partial charge on any atom is 0.283 e. The van der Waals surface area contributed by atoms with Gasteiger partial charge in [-0.3, -0.25) is 19.3 Å². The molecule has 212 valence electrons. The van der Waals surface area contributed by atoms with Gasteiger partial charge in [-0.15, -0.1) is 23.1 Å². The number of thiazole rings is 1. The summed E-state index contributed by atoms with van der Waals surface area (Å²) in [5.74, 6) is -2.70. The van der Waals surface area contributed by atoms with E-state index in [0.29, 0.717) is 20.6 Å². The largest absolute Gasteiger partial charge is 0.543 e. The average molecular weight is 634 g/mol. The molecule has 1 unspecified atom stereocenters. The zero-order valence-electron chi connectivity index (χ0n) is 20.9.